The predicted octanol–water partition coefficient (Wildman–Crippen LogP) is 2.77. The Kier molecular flexibility index (Phi) is 6.01. The lowest BCUT2D eigenvalue weighted by molar-refractivity contribution is 0.124. The van der Waals surface area contributed by atoms with E-state index in [0.29, 0.717) is 6.04 Å². The Hall–Kier alpha value is -1.06. The van der Waals surface area contributed by atoms with Crippen LogP contribution < -0.4 is 10.1 Å². The standard InChI is InChI=1S/C14H23NO2/c1-5-17-10-11(2)15-12(3)13-8-6-7-9-14(13)16-4/h6-9,11-12,15H,5,10H2,1-4H3/t11?,12-/m0/s1. The van der Waals surface area contributed by atoms with Crippen molar-refractivity contribution in [1.29, 1.82) is 0 Å². The topological polar surface area (TPSA) is 30.5 Å². The number of nitrogens with one attached hydrogen (secondary N) is 1. The van der Waals surface area contributed by atoms with Gasteiger partial charge in [-0.3, -0.25) is 0 Å². The second kappa shape index (κ2) is 7.30. The molecule has 0 fully saturated rings. The molecule has 0 spiro atoms. The molecule has 1 unspecified atom stereocenters. The molecule has 1 N–H and O–H groups in total. The molecular weight excluding hydrogens is 214 g/mol. The molecule has 17 heavy (non-hydrogen) atoms. The van der Waals surface area contributed by atoms with Crippen LogP contribution in [0.15, 0.2) is 24.3 Å². The molecular formula is C14H23NO2. The second-order valence-corrected chi connectivity index (χ2v) is 4.19. The molecule has 0 aliphatic rings. The summed E-state index contributed by atoms with van der Waals surface area (Å²) in [6.45, 7) is 7.77. The smallest absolute Gasteiger partial charge is 0.123 e. The summed E-state index contributed by atoms with van der Waals surface area (Å²) in [6.07, 6.45) is 0. The fraction of sp³-hybridized carbons (Fsp3) is 0.571. The Morgan fingerprint density at radius 2 is 1.94 bits per heavy atom. The van der Waals surface area contributed by atoms with Crippen LogP contribution in [0.5, 0.6) is 5.75 Å². The predicted molar refractivity (Wildman–Crippen MR) is 70.5 cm³/mol. The van der Waals surface area contributed by atoms with Gasteiger partial charge in [0.05, 0.1) is 13.7 Å². The maximum Gasteiger partial charge on any atom is 0.123 e. The van der Waals surface area contributed by atoms with Crippen molar-refractivity contribution in [3.8, 4) is 5.75 Å². The number of rotatable bonds is 7. The van der Waals surface area contributed by atoms with Gasteiger partial charge in [0.1, 0.15) is 5.75 Å². The number of benzene rings is 1. The van der Waals surface area contributed by atoms with Crippen molar-refractivity contribution < 1.29 is 9.47 Å². The van der Waals surface area contributed by atoms with Gasteiger partial charge in [-0.05, 0) is 26.8 Å². The van der Waals surface area contributed by atoms with Crippen molar-refractivity contribution in [2.45, 2.75) is 32.9 Å². The average Bonchev–Trinajstić information content (AvgIpc) is 2.36. The molecule has 2 atom stereocenters. The summed E-state index contributed by atoms with van der Waals surface area (Å²) in [4.78, 5) is 0. The largest absolute Gasteiger partial charge is 0.496 e. The van der Waals surface area contributed by atoms with Crippen LogP contribution in [-0.4, -0.2) is 26.4 Å². The van der Waals surface area contributed by atoms with Gasteiger partial charge in [0.15, 0.2) is 0 Å². The van der Waals surface area contributed by atoms with Gasteiger partial charge < -0.3 is 14.8 Å². The molecule has 0 aliphatic carbocycles. The highest BCUT2D eigenvalue weighted by molar-refractivity contribution is 5.35. The van der Waals surface area contributed by atoms with E-state index in [0.717, 1.165) is 19.0 Å². The summed E-state index contributed by atoms with van der Waals surface area (Å²) < 4.78 is 10.8. The van der Waals surface area contributed by atoms with Gasteiger partial charge >= 0.3 is 0 Å². The molecule has 0 saturated heterocycles. The summed E-state index contributed by atoms with van der Waals surface area (Å²) in [5.74, 6) is 0.927. The maximum atomic E-state index is 5.39. The molecule has 96 valence electrons. The van der Waals surface area contributed by atoms with E-state index < -0.39 is 0 Å². The molecule has 1 aromatic carbocycles. The van der Waals surface area contributed by atoms with Gasteiger partial charge in [-0.1, -0.05) is 18.2 Å². The summed E-state index contributed by atoms with van der Waals surface area (Å²) in [5.41, 5.74) is 1.18. The first-order valence-corrected chi connectivity index (χ1v) is 6.15. The number of hydrogen-bond acceptors (Lipinski definition) is 3. The molecule has 0 heterocycles. The Morgan fingerprint density at radius 1 is 1.24 bits per heavy atom. The van der Waals surface area contributed by atoms with Gasteiger partial charge in [-0.25, -0.2) is 0 Å². The van der Waals surface area contributed by atoms with Crippen molar-refractivity contribution in [2.24, 2.45) is 0 Å². The van der Waals surface area contributed by atoms with Gasteiger partial charge in [0, 0.05) is 24.3 Å². The van der Waals surface area contributed by atoms with Gasteiger partial charge in [0.2, 0.25) is 0 Å². The van der Waals surface area contributed by atoms with Crippen molar-refractivity contribution >= 4 is 0 Å². The van der Waals surface area contributed by atoms with Crippen molar-refractivity contribution in [3.05, 3.63) is 29.8 Å². The first-order valence-electron chi connectivity index (χ1n) is 6.15. The zero-order valence-electron chi connectivity index (χ0n) is 11.2. The normalized spacial score (nSPS) is 14.4. The van der Waals surface area contributed by atoms with E-state index >= 15 is 0 Å². The Bertz CT molecular complexity index is 328. The minimum absolute atomic E-state index is 0.251. The molecule has 0 radical (unpaired) electrons. The highest BCUT2D eigenvalue weighted by atomic mass is 16.5. The molecule has 0 aliphatic heterocycles. The monoisotopic (exact) mass is 237 g/mol. The van der Waals surface area contributed by atoms with Crippen LogP contribution in [0.2, 0.25) is 0 Å². The highest BCUT2D eigenvalue weighted by Crippen LogP contribution is 2.24. The molecule has 3 nitrogen and oxygen atoms in total. The van der Waals surface area contributed by atoms with E-state index in [-0.39, 0.29) is 6.04 Å². The number of hydrogen-bond donors (Lipinski definition) is 1. The molecule has 1 aromatic rings. The van der Waals surface area contributed by atoms with Crippen LogP contribution >= 0.6 is 0 Å². The van der Waals surface area contributed by atoms with Crippen LogP contribution in [0.25, 0.3) is 0 Å². The van der Waals surface area contributed by atoms with Crippen LogP contribution in [0.1, 0.15) is 32.4 Å². The summed E-state index contributed by atoms with van der Waals surface area (Å²) in [6, 6.07) is 8.67. The van der Waals surface area contributed by atoms with E-state index in [1.165, 1.54) is 5.56 Å². The number of methoxy groups -OCH3 is 1. The molecule has 0 bridgehead atoms. The third-order valence-electron chi connectivity index (χ3n) is 2.71. The van der Waals surface area contributed by atoms with E-state index in [2.05, 4.69) is 25.2 Å². The molecule has 3 heteroatoms. The number of ether oxygens (including phenoxy) is 2. The minimum atomic E-state index is 0.251. The first kappa shape index (κ1) is 14.0. The van der Waals surface area contributed by atoms with Gasteiger partial charge in [-0.2, -0.15) is 0 Å². The highest BCUT2D eigenvalue weighted by Gasteiger charge is 2.12. The average molecular weight is 237 g/mol. The second-order valence-electron chi connectivity index (χ2n) is 4.19. The lowest BCUT2D eigenvalue weighted by Crippen LogP contribution is -2.33. The zero-order chi connectivity index (χ0) is 12.7. The summed E-state index contributed by atoms with van der Waals surface area (Å²) in [5, 5.41) is 3.50. The van der Waals surface area contributed by atoms with E-state index in [1.54, 1.807) is 7.11 Å². The van der Waals surface area contributed by atoms with Gasteiger partial charge in [0.25, 0.3) is 0 Å². The van der Waals surface area contributed by atoms with E-state index in [1.807, 2.05) is 25.1 Å². The lowest BCUT2D eigenvalue weighted by atomic mass is 10.1. The summed E-state index contributed by atoms with van der Waals surface area (Å²) >= 11 is 0. The summed E-state index contributed by atoms with van der Waals surface area (Å²) in [7, 11) is 1.70. The van der Waals surface area contributed by atoms with Crippen molar-refractivity contribution in [2.75, 3.05) is 20.3 Å². The van der Waals surface area contributed by atoms with Crippen molar-refractivity contribution in [1.82, 2.24) is 5.32 Å². The Morgan fingerprint density at radius 3 is 2.59 bits per heavy atom. The Labute approximate surface area is 104 Å². The maximum absolute atomic E-state index is 5.39. The van der Waals surface area contributed by atoms with Crippen molar-refractivity contribution in [3.63, 3.8) is 0 Å². The molecule has 0 amide bonds. The molecule has 0 saturated carbocycles. The fourth-order valence-electron chi connectivity index (χ4n) is 1.88. The zero-order valence-corrected chi connectivity index (χ0v) is 11.2. The van der Waals surface area contributed by atoms with E-state index in [4.69, 9.17) is 9.47 Å². The van der Waals surface area contributed by atoms with Gasteiger partial charge in [-0.15, -0.1) is 0 Å². The van der Waals surface area contributed by atoms with E-state index in [9.17, 15) is 0 Å². The quantitative estimate of drug-likeness (QED) is 0.791. The third kappa shape index (κ3) is 4.36. The Balaban J connectivity index is 2.59. The number of para-hydroxylation sites is 1. The lowest BCUT2D eigenvalue weighted by Gasteiger charge is -2.21. The fourth-order valence-corrected chi connectivity index (χ4v) is 1.88. The SMILES string of the molecule is CCOCC(C)N[C@@H](C)c1ccccc1OC. The van der Waals surface area contributed by atoms with Crippen LogP contribution in [-0.2, 0) is 4.74 Å². The molecule has 0 aromatic heterocycles. The van der Waals surface area contributed by atoms with Crippen LogP contribution in [0, 0.1) is 0 Å². The molecule has 1 rings (SSSR count). The first-order chi connectivity index (χ1) is 8.19. The minimum Gasteiger partial charge on any atom is -0.496 e. The van der Waals surface area contributed by atoms with Crippen LogP contribution in [0.3, 0.4) is 0 Å². The van der Waals surface area contributed by atoms with Crippen LogP contribution in [0.4, 0.5) is 0 Å². The third-order valence-corrected chi connectivity index (χ3v) is 2.71.